The number of hydrogen-bond acceptors (Lipinski definition) is 6. The minimum atomic E-state index is -4.22. The minimum Gasteiger partial charge on any atom is -0.497 e. The molecule has 3 aromatic carbocycles. The number of carboxylic acids is 1. The number of carbonyl (C=O) groups excluding carboxylic acids is 1. The van der Waals surface area contributed by atoms with Crippen LogP contribution in [0.25, 0.3) is 0 Å². The summed E-state index contributed by atoms with van der Waals surface area (Å²) in [4.78, 5) is 26.7. The Morgan fingerprint density at radius 3 is 2.26 bits per heavy atom. The average Bonchev–Trinajstić information content (AvgIpc) is 3.06. The van der Waals surface area contributed by atoms with Gasteiger partial charge in [0.15, 0.2) is 6.61 Å². The lowest BCUT2D eigenvalue weighted by molar-refractivity contribution is -0.141. The molecule has 0 fully saturated rings. The van der Waals surface area contributed by atoms with Crippen molar-refractivity contribution in [3.05, 3.63) is 84.4 Å². The van der Waals surface area contributed by atoms with E-state index in [1.54, 1.807) is 48.5 Å². The molecule has 1 aliphatic heterocycles. The van der Waals surface area contributed by atoms with Gasteiger partial charge in [-0.05, 0) is 48.0 Å². The third kappa shape index (κ3) is 5.13. The highest BCUT2D eigenvalue weighted by Crippen LogP contribution is 2.32. The molecule has 10 heteroatoms. The number of carboxylic acid groups (broad SMARTS) is 1. The van der Waals surface area contributed by atoms with Crippen LogP contribution < -0.4 is 14.4 Å². The average molecular weight is 497 g/mol. The normalized spacial score (nSPS) is 16.1. The third-order valence-electron chi connectivity index (χ3n) is 5.67. The smallest absolute Gasteiger partial charge is 0.323 e. The molecule has 35 heavy (non-hydrogen) atoms. The molecule has 0 saturated heterocycles. The van der Waals surface area contributed by atoms with Crippen LogP contribution in [-0.4, -0.2) is 56.0 Å². The van der Waals surface area contributed by atoms with Crippen LogP contribution in [0.3, 0.4) is 0 Å². The van der Waals surface area contributed by atoms with Crippen molar-refractivity contribution >= 4 is 27.6 Å². The number of anilines is 1. The summed E-state index contributed by atoms with van der Waals surface area (Å²) in [6.45, 7) is -0.931. The van der Waals surface area contributed by atoms with E-state index in [4.69, 9.17) is 9.47 Å². The highest BCUT2D eigenvalue weighted by molar-refractivity contribution is 7.89. The minimum absolute atomic E-state index is 0.0748. The first-order valence-corrected chi connectivity index (χ1v) is 12.2. The summed E-state index contributed by atoms with van der Waals surface area (Å²) in [6.07, 6.45) is 0. The Labute approximate surface area is 203 Å². The Balaban J connectivity index is 1.69. The van der Waals surface area contributed by atoms with Crippen LogP contribution in [0.2, 0.25) is 0 Å². The van der Waals surface area contributed by atoms with Gasteiger partial charge in [0.2, 0.25) is 10.0 Å². The number of nitrogens with zero attached hydrogens (tertiary/aromatic N) is 2. The summed E-state index contributed by atoms with van der Waals surface area (Å²) in [5.74, 6) is -0.898. The Morgan fingerprint density at radius 2 is 1.60 bits per heavy atom. The van der Waals surface area contributed by atoms with Crippen LogP contribution in [0, 0.1) is 0 Å². The number of sulfonamides is 1. The second-order valence-electron chi connectivity index (χ2n) is 7.81. The highest BCUT2D eigenvalue weighted by Gasteiger charge is 2.41. The number of hydrogen-bond donors (Lipinski definition) is 1. The lowest BCUT2D eigenvalue weighted by atomic mass is 10.1. The summed E-state index contributed by atoms with van der Waals surface area (Å²) in [5.41, 5.74) is 0.939. The SMILES string of the molecule is COc1ccc(S(=O)(=O)N2Cc3ccccc3N(C(=O)COc3ccccc3)CC2C(=O)O)cc1. The first-order valence-electron chi connectivity index (χ1n) is 10.8. The lowest BCUT2D eigenvalue weighted by Crippen LogP contribution is -2.50. The number of ether oxygens (including phenoxy) is 2. The zero-order chi connectivity index (χ0) is 25.0. The van der Waals surface area contributed by atoms with E-state index in [1.165, 1.54) is 36.3 Å². The number of fused-ring (bicyclic) bond motifs is 1. The molecule has 9 nitrogen and oxygen atoms in total. The van der Waals surface area contributed by atoms with Crippen molar-refractivity contribution in [2.45, 2.75) is 17.5 Å². The number of aliphatic carboxylic acids is 1. The standard InChI is InChI=1S/C25H24N2O7S/c1-33-19-11-13-21(14-12-19)35(31,32)27-15-18-7-5-6-10-22(18)26(16-23(27)25(29)30)24(28)17-34-20-8-3-2-4-9-20/h2-14,23H,15-17H2,1H3,(H,29,30). The summed E-state index contributed by atoms with van der Waals surface area (Å²) >= 11 is 0. The molecule has 4 rings (SSSR count). The van der Waals surface area contributed by atoms with Crippen LogP contribution >= 0.6 is 0 Å². The van der Waals surface area contributed by atoms with Gasteiger partial charge in [0.25, 0.3) is 5.91 Å². The second kappa shape index (κ2) is 10.2. The van der Waals surface area contributed by atoms with Gasteiger partial charge in [-0.15, -0.1) is 0 Å². The molecular weight excluding hydrogens is 472 g/mol. The summed E-state index contributed by atoms with van der Waals surface area (Å²) < 4.78 is 38.7. The number of para-hydroxylation sites is 2. The molecule has 182 valence electrons. The van der Waals surface area contributed by atoms with Gasteiger partial charge in [-0.2, -0.15) is 4.31 Å². The summed E-state index contributed by atoms with van der Waals surface area (Å²) in [6, 6.07) is 19.7. The van der Waals surface area contributed by atoms with Crippen molar-refractivity contribution in [2.24, 2.45) is 0 Å². The van der Waals surface area contributed by atoms with Crippen LogP contribution in [0.5, 0.6) is 11.5 Å². The molecule has 1 unspecified atom stereocenters. The molecule has 1 N–H and O–H groups in total. The number of benzene rings is 3. The highest BCUT2D eigenvalue weighted by atomic mass is 32.2. The van der Waals surface area contributed by atoms with E-state index in [0.717, 1.165) is 4.31 Å². The lowest BCUT2D eigenvalue weighted by Gasteiger charge is -2.28. The maximum absolute atomic E-state index is 13.5. The Morgan fingerprint density at radius 1 is 0.943 bits per heavy atom. The van der Waals surface area contributed by atoms with Gasteiger partial charge in [0.1, 0.15) is 17.5 Å². The molecule has 0 saturated carbocycles. The number of rotatable bonds is 7. The van der Waals surface area contributed by atoms with Crippen molar-refractivity contribution < 1.29 is 32.6 Å². The number of methoxy groups -OCH3 is 1. The predicted molar refractivity (Wildman–Crippen MR) is 128 cm³/mol. The molecule has 0 bridgehead atoms. The first kappa shape index (κ1) is 24.2. The fraction of sp³-hybridized carbons (Fsp3) is 0.200. The summed E-state index contributed by atoms with van der Waals surface area (Å²) in [5, 5.41) is 10.0. The van der Waals surface area contributed by atoms with Gasteiger partial charge in [0, 0.05) is 12.2 Å². The molecule has 1 heterocycles. The van der Waals surface area contributed by atoms with Crippen molar-refractivity contribution in [3.63, 3.8) is 0 Å². The largest absolute Gasteiger partial charge is 0.497 e. The van der Waals surface area contributed by atoms with Crippen molar-refractivity contribution in [1.82, 2.24) is 4.31 Å². The molecule has 0 radical (unpaired) electrons. The quantitative estimate of drug-likeness (QED) is 0.535. The molecule has 3 aromatic rings. The first-order chi connectivity index (χ1) is 16.8. The van der Waals surface area contributed by atoms with Crippen LogP contribution in [-0.2, 0) is 26.2 Å². The van der Waals surface area contributed by atoms with Crippen LogP contribution in [0.1, 0.15) is 5.56 Å². The van der Waals surface area contributed by atoms with Crippen molar-refractivity contribution in [1.29, 1.82) is 0 Å². The van der Waals surface area contributed by atoms with Gasteiger partial charge in [-0.1, -0.05) is 36.4 Å². The van der Waals surface area contributed by atoms with E-state index in [9.17, 15) is 23.1 Å². The predicted octanol–water partition coefficient (Wildman–Crippen LogP) is 2.76. The van der Waals surface area contributed by atoms with E-state index >= 15 is 0 Å². The molecule has 1 atom stereocenters. The van der Waals surface area contributed by atoms with Crippen molar-refractivity contribution in [2.75, 3.05) is 25.2 Å². The molecule has 1 aliphatic rings. The van der Waals surface area contributed by atoms with Crippen LogP contribution in [0.4, 0.5) is 5.69 Å². The van der Waals surface area contributed by atoms with Gasteiger partial charge < -0.3 is 19.5 Å². The van der Waals surface area contributed by atoms with Gasteiger partial charge in [0.05, 0.1) is 18.6 Å². The second-order valence-corrected chi connectivity index (χ2v) is 9.71. The Bertz CT molecular complexity index is 1310. The van der Waals surface area contributed by atoms with E-state index in [-0.39, 0.29) is 24.6 Å². The zero-order valence-electron chi connectivity index (χ0n) is 18.9. The molecule has 1 amide bonds. The number of amides is 1. The maximum Gasteiger partial charge on any atom is 0.323 e. The van der Waals surface area contributed by atoms with E-state index < -0.39 is 27.9 Å². The monoisotopic (exact) mass is 496 g/mol. The third-order valence-corrected chi connectivity index (χ3v) is 7.54. The Hall–Kier alpha value is -3.89. The van der Waals surface area contributed by atoms with Gasteiger partial charge in [-0.3, -0.25) is 9.59 Å². The van der Waals surface area contributed by atoms with Crippen molar-refractivity contribution in [3.8, 4) is 11.5 Å². The fourth-order valence-electron chi connectivity index (χ4n) is 3.86. The van der Waals surface area contributed by atoms with Crippen LogP contribution in [0.15, 0.2) is 83.8 Å². The topological polar surface area (TPSA) is 113 Å². The molecular formula is C25H24N2O7S. The van der Waals surface area contributed by atoms with Gasteiger partial charge >= 0.3 is 5.97 Å². The number of carbonyl (C=O) groups is 2. The molecule has 0 aromatic heterocycles. The Kier molecular flexibility index (Phi) is 7.04. The summed E-state index contributed by atoms with van der Waals surface area (Å²) in [7, 11) is -2.76. The fourth-order valence-corrected chi connectivity index (χ4v) is 5.41. The molecule has 0 aliphatic carbocycles. The van der Waals surface area contributed by atoms with E-state index in [1.807, 2.05) is 6.07 Å². The van der Waals surface area contributed by atoms with Gasteiger partial charge in [-0.25, -0.2) is 8.42 Å². The van der Waals surface area contributed by atoms with E-state index in [2.05, 4.69) is 0 Å². The molecule has 0 spiro atoms. The maximum atomic E-state index is 13.5. The zero-order valence-corrected chi connectivity index (χ0v) is 19.7. The van der Waals surface area contributed by atoms with E-state index in [0.29, 0.717) is 22.7 Å².